The predicted molar refractivity (Wildman–Crippen MR) is 101 cm³/mol. The van der Waals surface area contributed by atoms with Crippen LogP contribution in [0.15, 0.2) is 42.5 Å². The van der Waals surface area contributed by atoms with Gasteiger partial charge in [-0.3, -0.25) is 9.59 Å². The lowest BCUT2D eigenvalue weighted by Crippen LogP contribution is -2.70. The van der Waals surface area contributed by atoms with E-state index < -0.39 is 59.9 Å². The van der Waals surface area contributed by atoms with Crippen molar-refractivity contribution in [2.45, 2.75) is 30.2 Å². The van der Waals surface area contributed by atoms with Crippen LogP contribution in [0.5, 0.6) is 0 Å². The van der Waals surface area contributed by atoms with E-state index in [1.165, 1.54) is 0 Å². The van der Waals surface area contributed by atoms with Crippen molar-refractivity contribution in [2.24, 2.45) is 5.73 Å². The largest absolute Gasteiger partial charge is 0.432 e. The Labute approximate surface area is 175 Å². The van der Waals surface area contributed by atoms with Gasteiger partial charge in [-0.1, -0.05) is 24.3 Å². The molecular formula is C21H19F4N3O3. The second kappa shape index (κ2) is 7.61. The van der Waals surface area contributed by atoms with Gasteiger partial charge in [0, 0.05) is 6.07 Å². The van der Waals surface area contributed by atoms with Crippen molar-refractivity contribution >= 4 is 12.4 Å². The SMILES string of the molecule is N[C@H]1c2ccccc2C[C@@H]1NC(=O)C(OC=O)(c1ccc(F)cc1F)N1CC(F)(F)C1. The van der Waals surface area contributed by atoms with E-state index in [9.17, 15) is 27.2 Å². The molecule has 1 aliphatic heterocycles. The van der Waals surface area contributed by atoms with Crippen LogP contribution in [0.3, 0.4) is 0 Å². The average molecular weight is 437 g/mol. The van der Waals surface area contributed by atoms with Crippen molar-refractivity contribution in [3.63, 3.8) is 0 Å². The molecule has 10 heteroatoms. The molecule has 1 saturated heterocycles. The lowest BCUT2D eigenvalue weighted by atomic mass is 9.93. The van der Waals surface area contributed by atoms with Gasteiger partial charge in [0.15, 0.2) is 0 Å². The van der Waals surface area contributed by atoms with Crippen molar-refractivity contribution in [1.82, 2.24) is 10.2 Å². The highest BCUT2D eigenvalue weighted by Gasteiger charge is 2.60. The molecule has 164 valence electrons. The zero-order valence-electron chi connectivity index (χ0n) is 16.2. The maximum absolute atomic E-state index is 14.7. The minimum Gasteiger partial charge on any atom is -0.432 e. The van der Waals surface area contributed by atoms with E-state index in [0.717, 1.165) is 28.2 Å². The van der Waals surface area contributed by atoms with Crippen LogP contribution < -0.4 is 11.1 Å². The lowest BCUT2D eigenvalue weighted by Gasteiger charge is -2.49. The topological polar surface area (TPSA) is 84.7 Å². The molecule has 0 aromatic heterocycles. The Morgan fingerprint density at radius 3 is 2.55 bits per heavy atom. The highest BCUT2D eigenvalue weighted by Crippen LogP contribution is 2.41. The van der Waals surface area contributed by atoms with Gasteiger partial charge in [0.25, 0.3) is 24.0 Å². The van der Waals surface area contributed by atoms with E-state index in [1.807, 2.05) is 12.1 Å². The number of fused-ring (bicyclic) bond motifs is 1. The Balaban J connectivity index is 1.72. The number of nitrogens with zero attached hydrogens (tertiary/aromatic N) is 1. The molecule has 2 aliphatic rings. The molecule has 1 amide bonds. The number of amides is 1. The molecule has 3 N–H and O–H groups in total. The first-order chi connectivity index (χ1) is 14.7. The molecule has 6 nitrogen and oxygen atoms in total. The van der Waals surface area contributed by atoms with Crippen LogP contribution in [-0.2, 0) is 26.5 Å². The monoisotopic (exact) mass is 437 g/mol. The Morgan fingerprint density at radius 1 is 1.23 bits per heavy atom. The normalized spacial score (nSPS) is 23.9. The first-order valence-electron chi connectivity index (χ1n) is 9.52. The molecule has 1 heterocycles. The van der Waals surface area contributed by atoms with Gasteiger partial charge in [0.1, 0.15) is 11.6 Å². The van der Waals surface area contributed by atoms with Crippen LogP contribution in [0.4, 0.5) is 17.6 Å². The number of carbonyl (C=O) groups is 2. The molecule has 2 aromatic carbocycles. The van der Waals surface area contributed by atoms with Gasteiger partial charge in [-0.25, -0.2) is 22.5 Å². The fourth-order valence-corrected chi connectivity index (χ4v) is 4.23. The van der Waals surface area contributed by atoms with Crippen LogP contribution >= 0.6 is 0 Å². The van der Waals surface area contributed by atoms with Gasteiger partial charge in [-0.15, -0.1) is 0 Å². The second-order valence-corrected chi connectivity index (χ2v) is 7.70. The van der Waals surface area contributed by atoms with Gasteiger partial charge in [-0.05, 0) is 29.7 Å². The van der Waals surface area contributed by atoms with Crippen LogP contribution in [0, 0.1) is 11.6 Å². The predicted octanol–water partition coefficient (Wildman–Crippen LogP) is 1.98. The summed E-state index contributed by atoms with van der Waals surface area (Å²) >= 11 is 0. The van der Waals surface area contributed by atoms with Gasteiger partial charge in [-0.2, -0.15) is 0 Å². The van der Waals surface area contributed by atoms with E-state index in [-0.39, 0.29) is 6.47 Å². The number of benzene rings is 2. The molecule has 31 heavy (non-hydrogen) atoms. The van der Waals surface area contributed by atoms with Crippen molar-refractivity contribution in [3.8, 4) is 0 Å². The highest BCUT2D eigenvalue weighted by molar-refractivity contribution is 5.88. The number of rotatable bonds is 6. The third kappa shape index (κ3) is 3.55. The number of carbonyl (C=O) groups excluding carboxylic acids is 2. The quantitative estimate of drug-likeness (QED) is 0.534. The minimum atomic E-state index is -3.16. The molecule has 0 radical (unpaired) electrons. The molecule has 0 saturated carbocycles. The first kappa shape index (κ1) is 21.3. The number of alkyl halides is 2. The highest BCUT2D eigenvalue weighted by atomic mass is 19.3. The Bertz CT molecular complexity index is 1030. The third-order valence-corrected chi connectivity index (χ3v) is 5.72. The van der Waals surface area contributed by atoms with E-state index in [1.54, 1.807) is 12.1 Å². The Kier molecular flexibility index (Phi) is 5.22. The number of nitrogens with one attached hydrogen (secondary N) is 1. The first-order valence-corrected chi connectivity index (χ1v) is 9.52. The summed E-state index contributed by atoms with van der Waals surface area (Å²) in [6.45, 7) is -2.04. The Hall–Kier alpha value is -2.98. The molecule has 4 rings (SSSR count). The maximum atomic E-state index is 14.7. The zero-order valence-corrected chi connectivity index (χ0v) is 16.2. The second-order valence-electron chi connectivity index (χ2n) is 7.70. The van der Waals surface area contributed by atoms with Crippen molar-refractivity contribution < 1.29 is 31.9 Å². The minimum absolute atomic E-state index is 0.123. The van der Waals surface area contributed by atoms with Crippen LogP contribution in [0.25, 0.3) is 0 Å². The lowest BCUT2D eigenvalue weighted by molar-refractivity contribution is -0.240. The summed E-state index contributed by atoms with van der Waals surface area (Å²) < 4.78 is 60.5. The van der Waals surface area contributed by atoms with Crippen molar-refractivity contribution in [2.75, 3.05) is 13.1 Å². The molecule has 1 fully saturated rings. The Morgan fingerprint density at radius 2 is 1.94 bits per heavy atom. The molecule has 0 spiro atoms. The molecular weight excluding hydrogens is 418 g/mol. The zero-order chi connectivity index (χ0) is 22.4. The number of hydrogen-bond donors (Lipinski definition) is 2. The summed E-state index contributed by atoms with van der Waals surface area (Å²) in [4.78, 5) is 25.6. The smallest absolute Gasteiger partial charge is 0.295 e. The van der Waals surface area contributed by atoms with Crippen LogP contribution in [-0.4, -0.2) is 42.3 Å². The van der Waals surface area contributed by atoms with Crippen molar-refractivity contribution in [1.29, 1.82) is 0 Å². The summed E-state index contributed by atoms with van der Waals surface area (Å²) in [6, 6.07) is 8.22. The van der Waals surface area contributed by atoms with E-state index in [2.05, 4.69) is 5.32 Å². The van der Waals surface area contributed by atoms with E-state index in [0.29, 0.717) is 12.5 Å². The third-order valence-electron chi connectivity index (χ3n) is 5.72. The van der Waals surface area contributed by atoms with E-state index >= 15 is 0 Å². The summed E-state index contributed by atoms with van der Waals surface area (Å²) in [7, 11) is 0. The van der Waals surface area contributed by atoms with Crippen LogP contribution in [0.2, 0.25) is 0 Å². The van der Waals surface area contributed by atoms with Crippen LogP contribution in [0.1, 0.15) is 22.7 Å². The van der Waals surface area contributed by atoms with Gasteiger partial charge in [0.05, 0.1) is 30.7 Å². The van der Waals surface area contributed by atoms with Gasteiger partial charge in [0.2, 0.25) is 0 Å². The van der Waals surface area contributed by atoms with Gasteiger partial charge >= 0.3 is 0 Å². The average Bonchev–Trinajstić information content (AvgIpc) is 3.00. The standard InChI is InChI=1S/C21H19F4N3O3/c22-13-5-6-15(16(23)8-13)21(31-11-29,28-9-20(24,25)10-28)19(30)27-17-7-12-3-1-2-4-14(12)18(17)26/h1-6,8,11,17-18H,7,9-10,26H2,(H,27,30)/t17-,18-,21?/m0/s1. The van der Waals surface area contributed by atoms with Gasteiger partial charge < -0.3 is 15.8 Å². The fourth-order valence-electron chi connectivity index (χ4n) is 4.23. The summed E-state index contributed by atoms with van der Waals surface area (Å²) in [5, 5.41) is 2.62. The molecule has 0 bridgehead atoms. The van der Waals surface area contributed by atoms with Crippen molar-refractivity contribution in [3.05, 3.63) is 70.8 Å². The maximum Gasteiger partial charge on any atom is 0.295 e. The van der Waals surface area contributed by atoms with E-state index in [4.69, 9.17) is 10.5 Å². The molecule has 1 aliphatic carbocycles. The molecule has 2 aromatic rings. The summed E-state index contributed by atoms with van der Waals surface area (Å²) in [5.41, 5.74) is 4.82. The molecule has 1 unspecified atom stereocenters. The number of ether oxygens (including phenoxy) is 1. The fraction of sp³-hybridized carbons (Fsp3) is 0.333. The number of hydrogen-bond acceptors (Lipinski definition) is 5. The summed E-state index contributed by atoms with van der Waals surface area (Å²) in [6.07, 6.45) is 0.350. The number of halogens is 4. The number of likely N-dealkylation sites (tertiary alicyclic amines) is 1. The molecule has 3 atom stereocenters. The number of nitrogens with two attached hydrogens (primary N) is 1. The summed E-state index contributed by atoms with van der Waals surface area (Å²) in [5.74, 6) is -6.36.